The van der Waals surface area contributed by atoms with Crippen molar-refractivity contribution in [1.29, 1.82) is 0 Å². The summed E-state index contributed by atoms with van der Waals surface area (Å²) in [7, 11) is 0. The molecule has 108 valence electrons. The topological polar surface area (TPSA) is 105 Å². The molecule has 2 rings (SSSR count). The zero-order valence-electron chi connectivity index (χ0n) is 11.0. The fourth-order valence-corrected chi connectivity index (χ4v) is 2.38. The first kappa shape index (κ1) is 14.9. The lowest BCUT2D eigenvalue weighted by Crippen LogP contribution is -2.21. The largest absolute Gasteiger partial charge is 0.369 e. The van der Waals surface area contributed by atoms with E-state index in [1.807, 2.05) is 0 Å². The molecule has 0 aliphatic carbocycles. The Morgan fingerprint density at radius 1 is 1.24 bits per heavy atom. The maximum Gasteiger partial charge on any atom is 0.261 e. The van der Waals surface area contributed by atoms with Gasteiger partial charge in [0, 0.05) is 23.4 Å². The van der Waals surface area contributed by atoms with Crippen LogP contribution in [0.2, 0.25) is 0 Å². The molecule has 0 bridgehead atoms. The molecular weight excluding hydrogens is 290 g/mol. The maximum atomic E-state index is 12.1. The van der Waals surface area contributed by atoms with E-state index in [1.54, 1.807) is 24.3 Å². The molecule has 0 saturated heterocycles. The highest BCUT2D eigenvalue weighted by atomic mass is 32.2. The van der Waals surface area contributed by atoms with Gasteiger partial charge in [-0.05, 0) is 12.1 Å². The third-order valence-electron chi connectivity index (χ3n) is 2.57. The summed E-state index contributed by atoms with van der Waals surface area (Å²) in [5.41, 5.74) is 5.29. The van der Waals surface area contributed by atoms with E-state index < -0.39 is 11.8 Å². The lowest BCUT2D eigenvalue weighted by molar-refractivity contribution is -0.115. The summed E-state index contributed by atoms with van der Waals surface area (Å²) < 4.78 is 0. The number of aromatic amines is 1. The van der Waals surface area contributed by atoms with Crippen LogP contribution in [0.25, 0.3) is 0 Å². The van der Waals surface area contributed by atoms with Gasteiger partial charge >= 0.3 is 0 Å². The van der Waals surface area contributed by atoms with Crippen LogP contribution in [0.1, 0.15) is 10.4 Å². The van der Waals surface area contributed by atoms with Gasteiger partial charge in [0.2, 0.25) is 5.91 Å². The molecule has 0 atom stereocenters. The summed E-state index contributed by atoms with van der Waals surface area (Å²) in [6.07, 6.45) is 2.80. The molecule has 21 heavy (non-hydrogen) atoms. The number of hydrogen-bond donors (Lipinski definition) is 3. The molecule has 0 spiro atoms. The van der Waals surface area contributed by atoms with Crippen LogP contribution < -0.4 is 16.5 Å². The summed E-state index contributed by atoms with van der Waals surface area (Å²) in [5, 5.41) is 2.66. The predicted molar refractivity (Wildman–Crippen MR) is 81.4 cm³/mol. The first-order chi connectivity index (χ1) is 10.1. The molecule has 0 saturated carbocycles. The van der Waals surface area contributed by atoms with E-state index >= 15 is 0 Å². The molecule has 0 aliphatic heterocycles. The molecule has 0 fully saturated rings. The quantitative estimate of drug-likeness (QED) is 0.722. The van der Waals surface area contributed by atoms with Gasteiger partial charge in [0.15, 0.2) is 5.43 Å². The Balaban J connectivity index is 2.20. The average molecular weight is 303 g/mol. The van der Waals surface area contributed by atoms with Gasteiger partial charge in [-0.1, -0.05) is 12.1 Å². The summed E-state index contributed by atoms with van der Waals surface area (Å²) in [4.78, 5) is 37.9. The average Bonchev–Trinajstić information content (AvgIpc) is 2.46. The Morgan fingerprint density at radius 3 is 2.71 bits per heavy atom. The van der Waals surface area contributed by atoms with Gasteiger partial charge in [-0.25, -0.2) is 0 Å². The number of H-pyrrole nitrogens is 1. The van der Waals surface area contributed by atoms with Gasteiger partial charge in [0.1, 0.15) is 5.56 Å². The van der Waals surface area contributed by atoms with E-state index in [9.17, 15) is 14.4 Å². The third kappa shape index (κ3) is 3.96. The van der Waals surface area contributed by atoms with E-state index in [0.29, 0.717) is 10.6 Å². The van der Waals surface area contributed by atoms with Crippen LogP contribution >= 0.6 is 11.8 Å². The molecule has 1 aromatic carbocycles. The second-order valence-electron chi connectivity index (χ2n) is 4.13. The Labute approximate surface area is 124 Å². The van der Waals surface area contributed by atoms with E-state index in [4.69, 9.17) is 5.73 Å². The highest BCUT2D eigenvalue weighted by molar-refractivity contribution is 8.00. The van der Waals surface area contributed by atoms with Crippen LogP contribution in [-0.4, -0.2) is 22.6 Å². The first-order valence-corrected chi connectivity index (χ1v) is 7.05. The zero-order chi connectivity index (χ0) is 15.2. The smallest absolute Gasteiger partial charge is 0.261 e. The number of nitrogens with one attached hydrogen (secondary N) is 2. The van der Waals surface area contributed by atoms with Crippen molar-refractivity contribution in [3.63, 3.8) is 0 Å². The number of carbonyl (C=O) groups excluding carboxylic acids is 2. The Morgan fingerprint density at radius 2 is 2.00 bits per heavy atom. The van der Waals surface area contributed by atoms with Crippen molar-refractivity contribution in [3.05, 3.63) is 58.5 Å². The molecule has 1 aromatic heterocycles. The zero-order valence-corrected chi connectivity index (χ0v) is 11.8. The SMILES string of the molecule is NC(=O)CSc1ccccc1NC(=O)c1c[nH]ccc1=O. The van der Waals surface area contributed by atoms with E-state index in [1.165, 1.54) is 30.2 Å². The lowest BCUT2D eigenvalue weighted by atomic mass is 10.2. The number of amides is 2. The second-order valence-corrected chi connectivity index (χ2v) is 5.14. The van der Waals surface area contributed by atoms with E-state index in [0.717, 1.165) is 0 Å². The summed E-state index contributed by atoms with van der Waals surface area (Å²) in [6.45, 7) is 0. The number of para-hydroxylation sites is 1. The molecule has 1 heterocycles. The number of thioether (sulfide) groups is 1. The lowest BCUT2D eigenvalue weighted by Gasteiger charge is -2.09. The van der Waals surface area contributed by atoms with Crippen LogP contribution in [0.3, 0.4) is 0 Å². The fourth-order valence-electron chi connectivity index (χ4n) is 1.63. The minimum Gasteiger partial charge on any atom is -0.369 e. The number of benzene rings is 1. The molecule has 2 amide bonds. The number of carbonyl (C=O) groups is 2. The van der Waals surface area contributed by atoms with Gasteiger partial charge in [-0.3, -0.25) is 14.4 Å². The van der Waals surface area contributed by atoms with Gasteiger partial charge in [0.05, 0.1) is 11.4 Å². The number of rotatable bonds is 5. The molecule has 2 aromatic rings. The van der Waals surface area contributed by atoms with E-state index in [-0.39, 0.29) is 16.7 Å². The van der Waals surface area contributed by atoms with Gasteiger partial charge in [-0.2, -0.15) is 0 Å². The van der Waals surface area contributed by atoms with Gasteiger partial charge < -0.3 is 16.0 Å². The van der Waals surface area contributed by atoms with Crippen molar-refractivity contribution in [1.82, 2.24) is 4.98 Å². The number of aromatic nitrogens is 1. The maximum absolute atomic E-state index is 12.1. The fraction of sp³-hybridized carbons (Fsp3) is 0.0714. The molecule has 0 radical (unpaired) electrons. The van der Waals surface area contributed by atoms with Crippen molar-refractivity contribution in [2.75, 3.05) is 11.1 Å². The minimum absolute atomic E-state index is 0.0206. The van der Waals surface area contributed by atoms with Crippen LogP contribution in [-0.2, 0) is 4.79 Å². The molecular formula is C14H13N3O3S. The predicted octanol–water partition coefficient (Wildman–Crippen LogP) is 1.20. The number of pyridine rings is 1. The number of hydrogen-bond acceptors (Lipinski definition) is 4. The van der Waals surface area contributed by atoms with Gasteiger partial charge in [-0.15, -0.1) is 11.8 Å². The summed E-state index contributed by atoms with van der Waals surface area (Å²) >= 11 is 1.22. The summed E-state index contributed by atoms with van der Waals surface area (Å²) in [6, 6.07) is 8.27. The van der Waals surface area contributed by atoms with Crippen LogP contribution in [0.15, 0.2) is 52.4 Å². The van der Waals surface area contributed by atoms with Crippen LogP contribution in [0.4, 0.5) is 5.69 Å². The van der Waals surface area contributed by atoms with Crippen molar-refractivity contribution >= 4 is 29.3 Å². The first-order valence-electron chi connectivity index (χ1n) is 6.06. The van der Waals surface area contributed by atoms with Gasteiger partial charge in [0.25, 0.3) is 5.91 Å². The number of primary amides is 1. The second kappa shape index (κ2) is 6.76. The Bertz CT molecular complexity index is 727. The molecule has 4 N–H and O–H groups in total. The van der Waals surface area contributed by atoms with Crippen molar-refractivity contribution < 1.29 is 9.59 Å². The molecule has 0 aliphatic rings. The third-order valence-corrected chi connectivity index (χ3v) is 3.67. The molecule has 0 unspecified atom stereocenters. The standard InChI is InChI=1S/C14H13N3O3S/c15-13(19)8-21-12-4-2-1-3-10(12)17-14(20)9-7-16-6-5-11(9)18/h1-7H,8H2,(H2,15,19)(H,16,18)(H,17,20). The highest BCUT2D eigenvalue weighted by Gasteiger charge is 2.12. The monoisotopic (exact) mass is 303 g/mol. The van der Waals surface area contributed by atoms with Crippen molar-refractivity contribution in [2.24, 2.45) is 5.73 Å². The van der Waals surface area contributed by atoms with Crippen LogP contribution in [0, 0.1) is 0 Å². The number of nitrogens with two attached hydrogens (primary N) is 1. The summed E-state index contributed by atoms with van der Waals surface area (Å²) in [5.74, 6) is -0.844. The Kier molecular flexibility index (Phi) is 4.78. The minimum atomic E-state index is -0.510. The highest BCUT2D eigenvalue weighted by Crippen LogP contribution is 2.26. The molecule has 6 nitrogen and oxygen atoms in total. The Hall–Kier alpha value is -2.54. The van der Waals surface area contributed by atoms with Crippen molar-refractivity contribution in [2.45, 2.75) is 4.90 Å². The normalized spacial score (nSPS) is 10.1. The number of anilines is 1. The van der Waals surface area contributed by atoms with Crippen LogP contribution in [0.5, 0.6) is 0 Å². The van der Waals surface area contributed by atoms with E-state index in [2.05, 4.69) is 10.3 Å². The molecule has 7 heteroatoms. The van der Waals surface area contributed by atoms with Crippen molar-refractivity contribution in [3.8, 4) is 0 Å².